The Morgan fingerprint density at radius 1 is 1.37 bits per heavy atom. The first-order chi connectivity index (χ1) is 9.21. The van der Waals surface area contributed by atoms with Crippen molar-refractivity contribution < 1.29 is 9.18 Å². The zero-order chi connectivity index (χ0) is 13.3. The fourth-order valence-electron chi connectivity index (χ4n) is 3.14. The van der Waals surface area contributed by atoms with Gasteiger partial charge >= 0.3 is 0 Å². The molecule has 1 aromatic rings. The van der Waals surface area contributed by atoms with Gasteiger partial charge in [0.1, 0.15) is 5.82 Å². The highest BCUT2D eigenvalue weighted by Crippen LogP contribution is 2.58. The van der Waals surface area contributed by atoms with E-state index < -0.39 is 0 Å². The standard InChI is InChI=1S/C15H19FN2O/c16-13-4-2-1-3-11(13)10-18-14(19)12-9-15(12)5-7-17-8-6-15/h1-4,12,17H,5-10H2,(H,18,19). The van der Waals surface area contributed by atoms with Crippen molar-refractivity contribution in [3.63, 3.8) is 0 Å². The summed E-state index contributed by atoms with van der Waals surface area (Å²) in [6, 6.07) is 6.58. The van der Waals surface area contributed by atoms with E-state index in [0.717, 1.165) is 32.4 Å². The number of carbonyl (C=O) groups excluding carboxylic acids is 1. The topological polar surface area (TPSA) is 41.1 Å². The van der Waals surface area contributed by atoms with Gasteiger partial charge in [-0.25, -0.2) is 4.39 Å². The van der Waals surface area contributed by atoms with Crippen LogP contribution in [0.15, 0.2) is 24.3 Å². The summed E-state index contributed by atoms with van der Waals surface area (Å²) in [7, 11) is 0. The summed E-state index contributed by atoms with van der Waals surface area (Å²) >= 11 is 0. The molecule has 1 aliphatic heterocycles. The maximum atomic E-state index is 13.4. The molecule has 2 fully saturated rings. The van der Waals surface area contributed by atoms with Crippen molar-refractivity contribution in [2.24, 2.45) is 11.3 Å². The Balaban J connectivity index is 1.54. The van der Waals surface area contributed by atoms with E-state index in [0.29, 0.717) is 5.56 Å². The normalized spacial score (nSPS) is 24.2. The minimum Gasteiger partial charge on any atom is -0.352 e. The van der Waals surface area contributed by atoms with Crippen LogP contribution in [0.1, 0.15) is 24.8 Å². The number of hydrogen-bond donors (Lipinski definition) is 2. The molecule has 3 nitrogen and oxygen atoms in total. The summed E-state index contributed by atoms with van der Waals surface area (Å²) in [6.45, 7) is 2.31. The molecule has 2 N–H and O–H groups in total. The Kier molecular flexibility index (Phi) is 3.27. The van der Waals surface area contributed by atoms with Gasteiger partial charge in [-0.2, -0.15) is 0 Å². The maximum absolute atomic E-state index is 13.4. The highest BCUT2D eigenvalue weighted by atomic mass is 19.1. The van der Waals surface area contributed by atoms with E-state index >= 15 is 0 Å². The third-order valence-electron chi connectivity index (χ3n) is 4.52. The van der Waals surface area contributed by atoms with Gasteiger partial charge in [-0.3, -0.25) is 4.79 Å². The molecule has 4 heteroatoms. The molecule has 1 aliphatic carbocycles. The van der Waals surface area contributed by atoms with E-state index in [9.17, 15) is 9.18 Å². The van der Waals surface area contributed by atoms with Gasteiger partial charge in [0.15, 0.2) is 0 Å². The summed E-state index contributed by atoms with van der Waals surface area (Å²) < 4.78 is 13.4. The number of rotatable bonds is 3. The predicted molar refractivity (Wildman–Crippen MR) is 70.9 cm³/mol. The largest absolute Gasteiger partial charge is 0.352 e. The molecule has 1 aromatic carbocycles. The molecule has 1 amide bonds. The van der Waals surface area contributed by atoms with Gasteiger partial charge in [0.25, 0.3) is 0 Å². The third-order valence-corrected chi connectivity index (χ3v) is 4.52. The van der Waals surface area contributed by atoms with Crippen molar-refractivity contribution in [3.8, 4) is 0 Å². The first-order valence-electron chi connectivity index (χ1n) is 6.93. The smallest absolute Gasteiger partial charge is 0.223 e. The Hall–Kier alpha value is -1.42. The van der Waals surface area contributed by atoms with Crippen molar-refractivity contribution >= 4 is 5.91 Å². The molecular formula is C15H19FN2O. The summed E-state index contributed by atoms with van der Waals surface area (Å²) in [5.41, 5.74) is 0.792. The van der Waals surface area contributed by atoms with Crippen LogP contribution >= 0.6 is 0 Å². The first kappa shape index (κ1) is 12.6. The van der Waals surface area contributed by atoms with Crippen molar-refractivity contribution in [3.05, 3.63) is 35.6 Å². The predicted octanol–water partition coefficient (Wildman–Crippen LogP) is 1.83. The number of carbonyl (C=O) groups is 1. The zero-order valence-corrected chi connectivity index (χ0v) is 10.9. The second-order valence-electron chi connectivity index (χ2n) is 5.68. The van der Waals surface area contributed by atoms with Gasteiger partial charge in [0.05, 0.1) is 0 Å². The van der Waals surface area contributed by atoms with E-state index in [1.165, 1.54) is 6.07 Å². The van der Waals surface area contributed by atoms with Gasteiger partial charge in [-0.15, -0.1) is 0 Å². The highest BCUT2D eigenvalue weighted by molar-refractivity contribution is 5.82. The quantitative estimate of drug-likeness (QED) is 0.872. The molecule has 0 radical (unpaired) electrons. The average molecular weight is 262 g/mol. The van der Waals surface area contributed by atoms with Crippen LogP contribution in [-0.4, -0.2) is 19.0 Å². The lowest BCUT2D eigenvalue weighted by Crippen LogP contribution is -2.33. The Labute approximate surface area is 112 Å². The van der Waals surface area contributed by atoms with Gasteiger partial charge in [-0.1, -0.05) is 18.2 Å². The van der Waals surface area contributed by atoms with Crippen molar-refractivity contribution in [1.29, 1.82) is 0 Å². The van der Waals surface area contributed by atoms with Crippen LogP contribution in [0.3, 0.4) is 0 Å². The van der Waals surface area contributed by atoms with Gasteiger partial charge in [0.2, 0.25) is 5.91 Å². The SMILES string of the molecule is O=C(NCc1ccccc1F)C1CC12CCNCC2. The van der Waals surface area contributed by atoms with Crippen LogP contribution in [0, 0.1) is 17.2 Å². The molecule has 3 rings (SSSR count). The van der Waals surface area contributed by atoms with E-state index in [2.05, 4.69) is 10.6 Å². The number of halogens is 1. The maximum Gasteiger partial charge on any atom is 0.223 e. The summed E-state index contributed by atoms with van der Waals surface area (Å²) in [4.78, 5) is 12.1. The lowest BCUT2D eigenvalue weighted by Gasteiger charge is -2.23. The summed E-state index contributed by atoms with van der Waals surface area (Å²) in [5.74, 6) is -0.0262. The van der Waals surface area contributed by atoms with E-state index in [4.69, 9.17) is 0 Å². The number of piperidine rings is 1. The lowest BCUT2D eigenvalue weighted by atomic mass is 9.92. The first-order valence-corrected chi connectivity index (χ1v) is 6.93. The van der Waals surface area contributed by atoms with Crippen LogP contribution in [0.25, 0.3) is 0 Å². The molecule has 1 spiro atoms. The number of hydrogen-bond acceptors (Lipinski definition) is 2. The van der Waals surface area contributed by atoms with Crippen molar-refractivity contribution in [1.82, 2.24) is 10.6 Å². The van der Waals surface area contributed by atoms with E-state index in [1.54, 1.807) is 18.2 Å². The molecule has 0 bridgehead atoms. The molecule has 102 valence electrons. The van der Waals surface area contributed by atoms with Crippen LogP contribution in [0.5, 0.6) is 0 Å². The number of amides is 1. The molecule has 0 aromatic heterocycles. The van der Waals surface area contributed by atoms with Crippen molar-refractivity contribution in [2.75, 3.05) is 13.1 Å². The molecule has 1 atom stereocenters. The summed E-state index contributed by atoms with van der Waals surface area (Å²) in [5, 5.41) is 6.20. The molecular weight excluding hydrogens is 243 g/mol. The Bertz CT molecular complexity index is 483. The fraction of sp³-hybridized carbons (Fsp3) is 0.533. The van der Waals surface area contributed by atoms with Crippen LogP contribution < -0.4 is 10.6 Å². The molecule has 19 heavy (non-hydrogen) atoms. The molecule has 1 saturated heterocycles. The Morgan fingerprint density at radius 3 is 2.84 bits per heavy atom. The molecule has 1 unspecified atom stereocenters. The second-order valence-corrected chi connectivity index (χ2v) is 5.68. The van der Waals surface area contributed by atoms with Gasteiger partial charge in [-0.05, 0) is 43.8 Å². The fourth-order valence-corrected chi connectivity index (χ4v) is 3.14. The average Bonchev–Trinajstić information content (AvgIpc) is 3.12. The van der Waals surface area contributed by atoms with Crippen LogP contribution in [0.4, 0.5) is 4.39 Å². The monoisotopic (exact) mass is 262 g/mol. The van der Waals surface area contributed by atoms with Gasteiger partial charge in [0, 0.05) is 18.0 Å². The minimum atomic E-state index is -0.254. The van der Waals surface area contributed by atoms with E-state index in [-0.39, 0.29) is 29.6 Å². The number of nitrogens with one attached hydrogen (secondary N) is 2. The van der Waals surface area contributed by atoms with Crippen LogP contribution in [0.2, 0.25) is 0 Å². The third kappa shape index (κ3) is 2.50. The lowest BCUT2D eigenvalue weighted by molar-refractivity contribution is -0.123. The second kappa shape index (κ2) is 4.93. The molecule has 1 heterocycles. The molecule has 1 saturated carbocycles. The van der Waals surface area contributed by atoms with E-state index in [1.807, 2.05) is 0 Å². The van der Waals surface area contributed by atoms with Crippen molar-refractivity contribution in [2.45, 2.75) is 25.8 Å². The minimum absolute atomic E-state index is 0.0881. The molecule has 2 aliphatic rings. The summed E-state index contributed by atoms with van der Waals surface area (Å²) in [6.07, 6.45) is 3.17. The van der Waals surface area contributed by atoms with Crippen LogP contribution in [-0.2, 0) is 11.3 Å². The number of benzene rings is 1. The zero-order valence-electron chi connectivity index (χ0n) is 10.9. The van der Waals surface area contributed by atoms with Gasteiger partial charge < -0.3 is 10.6 Å². The highest BCUT2D eigenvalue weighted by Gasteiger charge is 2.57. The Morgan fingerprint density at radius 2 is 2.11 bits per heavy atom.